The molecule has 0 atom stereocenters. The Hall–Kier alpha value is -0.800. The SMILES string of the molecule is CCNC(=NCCCOCc1ccco1)NCCCCCN1CCCCC1.I. The molecule has 1 aromatic rings. The maximum atomic E-state index is 5.59. The molecule has 1 aliphatic heterocycles. The van der Waals surface area contributed by atoms with E-state index in [1.54, 1.807) is 6.26 Å². The molecule has 1 saturated heterocycles. The van der Waals surface area contributed by atoms with E-state index in [1.165, 1.54) is 58.2 Å². The average molecular weight is 506 g/mol. The number of nitrogens with one attached hydrogen (secondary N) is 2. The molecular formula is C21H39IN4O2. The minimum Gasteiger partial charge on any atom is -0.467 e. The van der Waals surface area contributed by atoms with Crippen molar-refractivity contribution in [3.63, 3.8) is 0 Å². The fourth-order valence-electron chi connectivity index (χ4n) is 3.29. The Morgan fingerprint density at radius 2 is 2.00 bits per heavy atom. The normalized spacial score (nSPS) is 15.2. The number of furan rings is 1. The van der Waals surface area contributed by atoms with Crippen LogP contribution in [0.5, 0.6) is 0 Å². The van der Waals surface area contributed by atoms with Crippen molar-refractivity contribution in [1.29, 1.82) is 0 Å². The lowest BCUT2D eigenvalue weighted by Crippen LogP contribution is -2.38. The van der Waals surface area contributed by atoms with Crippen LogP contribution in [0.15, 0.2) is 27.8 Å². The molecule has 1 aliphatic rings. The van der Waals surface area contributed by atoms with E-state index in [4.69, 9.17) is 9.15 Å². The van der Waals surface area contributed by atoms with Crippen molar-refractivity contribution >= 4 is 29.9 Å². The van der Waals surface area contributed by atoms with Gasteiger partial charge < -0.3 is 24.7 Å². The number of unbranched alkanes of at least 4 members (excludes halogenated alkanes) is 2. The number of hydrogen-bond acceptors (Lipinski definition) is 4. The van der Waals surface area contributed by atoms with Crippen molar-refractivity contribution in [2.45, 2.75) is 58.5 Å². The highest BCUT2D eigenvalue weighted by molar-refractivity contribution is 14.0. The molecule has 0 radical (unpaired) electrons. The molecule has 162 valence electrons. The van der Waals surface area contributed by atoms with E-state index >= 15 is 0 Å². The van der Waals surface area contributed by atoms with Crippen LogP contribution >= 0.6 is 24.0 Å². The Labute approximate surface area is 187 Å². The molecule has 28 heavy (non-hydrogen) atoms. The van der Waals surface area contributed by atoms with E-state index in [9.17, 15) is 0 Å². The lowest BCUT2D eigenvalue weighted by atomic mass is 10.1. The Bertz CT molecular complexity index is 491. The van der Waals surface area contributed by atoms with Gasteiger partial charge in [0.1, 0.15) is 12.4 Å². The summed E-state index contributed by atoms with van der Waals surface area (Å²) in [5.41, 5.74) is 0. The summed E-state index contributed by atoms with van der Waals surface area (Å²) in [6.07, 6.45) is 10.6. The Kier molecular flexibility index (Phi) is 15.4. The first kappa shape index (κ1) is 25.2. The first-order valence-corrected chi connectivity index (χ1v) is 10.7. The summed E-state index contributed by atoms with van der Waals surface area (Å²) in [5.74, 6) is 1.79. The average Bonchev–Trinajstić information content (AvgIpc) is 3.21. The summed E-state index contributed by atoms with van der Waals surface area (Å²) in [7, 11) is 0. The van der Waals surface area contributed by atoms with Crippen molar-refractivity contribution in [1.82, 2.24) is 15.5 Å². The first-order chi connectivity index (χ1) is 13.4. The van der Waals surface area contributed by atoms with Gasteiger partial charge in [0.2, 0.25) is 0 Å². The van der Waals surface area contributed by atoms with E-state index in [-0.39, 0.29) is 24.0 Å². The van der Waals surface area contributed by atoms with Crippen LogP contribution in [0, 0.1) is 0 Å². The van der Waals surface area contributed by atoms with Crippen LogP contribution in [-0.2, 0) is 11.3 Å². The second-order valence-corrected chi connectivity index (χ2v) is 7.14. The zero-order valence-corrected chi connectivity index (χ0v) is 19.8. The zero-order valence-electron chi connectivity index (χ0n) is 17.5. The van der Waals surface area contributed by atoms with E-state index in [0.29, 0.717) is 13.2 Å². The molecule has 2 heterocycles. The molecule has 7 heteroatoms. The lowest BCUT2D eigenvalue weighted by Gasteiger charge is -2.26. The molecular weight excluding hydrogens is 467 g/mol. The summed E-state index contributed by atoms with van der Waals surface area (Å²) >= 11 is 0. The van der Waals surface area contributed by atoms with Crippen LogP contribution in [0.3, 0.4) is 0 Å². The zero-order chi connectivity index (χ0) is 19.0. The van der Waals surface area contributed by atoms with Gasteiger partial charge in [-0.3, -0.25) is 4.99 Å². The first-order valence-electron chi connectivity index (χ1n) is 10.7. The highest BCUT2D eigenvalue weighted by Gasteiger charge is 2.08. The number of hydrogen-bond donors (Lipinski definition) is 2. The molecule has 0 unspecified atom stereocenters. The molecule has 0 saturated carbocycles. The molecule has 0 aromatic carbocycles. The van der Waals surface area contributed by atoms with Crippen molar-refractivity contribution < 1.29 is 9.15 Å². The van der Waals surface area contributed by atoms with Gasteiger partial charge in [0.15, 0.2) is 5.96 Å². The van der Waals surface area contributed by atoms with Gasteiger partial charge in [0, 0.05) is 26.2 Å². The van der Waals surface area contributed by atoms with Gasteiger partial charge >= 0.3 is 0 Å². The van der Waals surface area contributed by atoms with Crippen LogP contribution in [0.2, 0.25) is 0 Å². The van der Waals surface area contributed by atoms with Gasteiger partial charge in [0.25, 0.3) is 0 Å². The van der Waals surface area contributed by atoms with Crippen LogP contribution in [0.25, 0.3) is 0 Å². The number of guanidine groups is 1. The Morgan fingerprint density at radius 1 is 1.14 bits per heavy atom. The van der Waals surface area contributed by atoms with Gasteiger partial charge in [-0.1, -0.05) is 12.8 Å². The Morgan fingerprint density at radius 3 is 2.75 bits per heavy atom. The smallest absolute Gasteiger partial charge is 0.191 e. The summed E-state index contributed by atoms with van der Waals surface area (Å²) < 4.78 is 10.8. The Balaban J connectivity index is 0.00000392. The van der Waals surface area contributed by atoms with E-state index in [2.05, 4.69) is 27.4 Å². The standard InChI is InChI=1S/C21H38N4O2.HI/c1-2-22-21(24-13-10-17-26-19-20-11-9-18-27-20)23-12-5-3-6-14-25-15-7-4-8-16-25;/h9,11,18H,2-8,10,12-17,19H2,1H3,(H2,22,23,24);1H. The van der Waals surface area contributed by atoms with Crippen LogP contribution < -0.4 is 10.6 Å². The number of rotatable bonds is 13. The van der Waals surface area contributed by atoms with Crippen LogP contribution in [0.1, 0.15) is 57.6 Å². The van der Waals surface area contributed by atoms with Crippen molar-refractivity contribution in [3.8, 4) is 0 Å². The maximum absolute atomic E-state index is 5.59. The van der Waals surface area contributed by atoms with Gasteiger partial charge in [-0.05, 0) is 70.8 Å². The molecule has 0 bridgehead atoms. The minimum absolute atomic E-state index is 0. The quantitative estimate of drug-likeness (QED) is 0.183. The largest absolute Gasteiger partial charge is 0.467 e. The van der Waals surface area contributed by atoms with Crippen molar-refractivity contribution in [3.05, 3.63) is 24.2 Å². The van der Waals surface area contributed by atoms with Crippen LogP contribution in [-0.4, -0.2) is 56.7 Å². The third-order valence-corrected chi connectivity index (χ3v) is 4.78. The molecule has 0 aliphatic carbocycles. The molecule has 0 spiro atoms. The van der Waals surface area contributed by atoms with E-state index in [0.717, 1.165) is 37.8 Å². The van der Waals surface area contributed by atoms with E-state index in [1.807, 2.05) is 12.1 Å². The van der Waals surface area contributed by atoms with Gasteiger partial charge in [0.05, 0.1) is 6.26 Å². The fourth-order valence-corrected chi connectivity index (χ4v) is 3.29. The number of nitrogens with zero attached hydrogens (tertiary/aromatic N) is 2. The number of likely N-dealkylation sites (tertiary alicyclic amines) is 1. The second kappa shape index (κ2) is 17.1. The summed E-state index contributed by atoms with van der Waals surface area (Å²) in [6, 6.07) is 3.81. The number of ether oxygens (including phenoxy) is 1. The third kappa shape index (κ3) is 11.9. The summed E-state index contributed by atoms with van der Waals surface area (Å²) in [4.78, 5) is 7.24. The summed E-state index contributed by atoms with van der Waals surface area (Å²) in [5, 5.41) is 6.76. The number of aliphatic imine (C=N–C) groups is 1. The van der Waals surface area contributed by atoms with Crippen LogP contribution in [0.4, 0.5) is 0 Å². The van der Waals surface area contributed by atoms with Gasteiger partial charge in [-0.2, -0.15) is 0 Å². The topological polar surface area (TPSA) is 62.0 Å². The van der Waals surface area contributed by atoms with Crippen molar-refractivity contribution in [2.75, 3.05) is 45.9 Å². The highest BCUT2D eigenvalue weighted by atomic mass is 127. The lowest BCUT2D eigenvalue weighted by molar-refractivity contribution is 0.105. The minimum atomic E-state index is 0. The summed E-state index contributed by atoms with van der Waals surface area (Å²) in [6.45, 7) is 9.85. The van der Waals surface area contributed by atoms with Gasteiger partial charge in [-0.25, -0.2) is 0 Å². The number of piperidine rings is 1. The second-order valence-electron chi connectivity index (χ2n) is 7.14. The molecule has 1 aromatic heterocycles. The fraction of sp³-hybridized carbons (Fsp3) is 0.762. The molecule has 0 amide bonds. The monoisotopic (exact) mass is 506 g/mol. The maximum Gasteiger partial charge on any atom is 0.191 e. The predicted molar refractivity (Wildman–Crippen MR) is 127 cm³/mol. The third-order valence-electron chi connectivity index (χ3n) is 4.78. The van der Waals surface area contributed by atoms with Crippen molar-refractivity contribution in [2.24, 2.45) is 4.99 Å². The van der Waals surface area contributed by atoms with Gasteiger partial charge in [-0.15, -0.1) is 24.0 Å². The molecule has 2 N–H and O–H groups in total. The number of halogens is 1. The predicted octanol–water partition coefficient (Wildman–Crippen LogP) is 4.02. The molecule has 6 nitrogen and oxygen atoms in total. The molecule has 2 rings (SSSR count). The molecule has 1 fully saturated rings. The highest BCUT2D eigenvalue weighted by Crippen LogP contribution is 2.09. The van der Waals surface area contributed by atoms with E-state index < -0.39 is 0 Å².